The normalized spacial score (nSPS) is 11.5. The van der Waals surface area contributed by atoms with Crippen molar-refractivity contribution in [3.63, 3.8) is 0 Å². The molecule has 0 radical (unpaired) electrons. The van der Waals surface area contributed by atoms with Crippen molar-refractivity contribution in [2.45, 2.75) is 25.9 Å². The van der Waals surface area contributed by atoms with Crippen LogP contribution >= 0.6 is 0 Å². The Hall–Kier alpha value is -4.46. The van der Waals surface area contributed by atoms with Crippen LogP contribution in [0.3, 0.4) is 0 Å². The van der Waals surface area contributed by atoms with Gasteiger partial charge in [0.1, 0.15) is 12.2 Å². The van der Waals surface area contributed by atoms with Crippen molar-refractivity contribution in [3.05, 3.63) is 102 Å². The average molecular weight is 473 g/mol. The molecule has 3 aromatic carbocycles. The van der Waals surface area contributed by atoms with Gasteiger partial charge in [0.2, 0.25) is 11.8 Å². The number of nitrogens with one attached hydrogen (secondary N) is 3. The van der Waals surface area contributed by atoms with E-state index in [1.165, 1.54) is 6.21 Å². The van der Waals surface area contributed by atoms with Crippen LogP contribution in [0.5, 0.6) is 5.75 Å². The molecule has 8 nitrogen and oxygen atoms in total. The lowest BCUT2D eigenvalue weighted by molar-refractivity contribution is -0.129. The summed E-state index contributed by atoms with van der Waals surface area (Å²) in [5, 5.41) is 9.45. The fraction of sp³-hybridized carbons (Fsp3) is 0.185. The van der Waals surface area contributed by atoms with E-state index < -0.39 is 5.91 Å². The molecule has 0 unspecified atom stereocenters. The Morgan fingerprint density at radius 2 is 1.51 bits per heavy atom. The first-order chi connectivity index (χ1) is 17.0. The second kappa shape index (κ2) is 13.3. The number of hydrazone groups is 1. The van der Waals surface area contributed by atoms with E-state index in [-0.39, 0.29) is 30.9 Å². The van der Waals surface area contributed by atoms with Crippen molar-refractivity contribution in [2.24, 2.45) is 5.10 Å². The molecule has 0 aromatic heterocycles. The van der Waals surface area contributed by atoms with Crippen LogP contribution in [0.1, 0.15) is 36.1 Å². The molecule has 0 aliphatic rings. The van der Waals surface area contributed by atoms with Crippen LogP contribution in [-0.4, -0.2) is 30.5 Å². The number of amides is 3. The highest BCUT2D eigenvalue weighted by atomic mass is 16.5. The van der Waals surface area contributed by atoms with Gasteiger partial charge >= 0.3 is 0 Å². The molecular formula is C27H28N4O4. The quantitative estimate of drug-likeness (QED) is 0.226. The summed E-state index contributed by atoms with van der Waals surface area (Å²) in [7, 11) is 0. The summed E-state index contributed by atoms with van der Waals surface area (Å²) in [5.74, 6) is -0.584. The van der Waals surface area contributed by atoms with Gasteiger partial charge in [-0.25, -0.2) is 5.43 Å². The highest BCUT2D eigenvalue weighted by Gasteiger charge is 2.10. The molecule has 8 heteroatoms. The zero-order valence-electron chi connectivity index (χ0n) is 19.4. The lowest BCUT2D eigenvalue weighted by Crippen LogP contribution is -2.31. The molecule has 0 spiro atoms. The first-order valence-corrected chi connectivity index (χ1v) is 11.2. The fourth-order valence-electron chi connectivity index (χ4n) is 3.13. The summed E-state index contributed by atoms with van der Waals surface area (Å²) in [6, 6.07) is 25.9. The Labute approximate surface area is 204 Å². The second-order valence-electron chi connectivity index (χ2n) is 7.79. The van der Waals surface area contributed by atoms with Gasteiger partial charge in [-0.15, -0.1) is 0 Å². The van der Waals surface area contributed by atoms with Crippen molar-refractivity contribution in [1.82, 2.24) is 16.1 Å². The summed E-state index contributed by atoms with van der Waals surface area (Å²) in [5.41, 5.74) is 5.02. The molecule has 0 saturated carbocycles. The SMILES string of the molecule is C[C@H](NC(=O)COc1ccc(/C=N/NC(=O)CC(=O)NCc2ccccc2)cc1)c1ccccc1. The molecule has 0 saturated heterocycles. The molecule has 0 bridgehead atoms. The van der Waals surface area contributed by atoms with Gasteiger partial charge in [0, 0.05) is 6.54 Å². The zero-order chi connectivity index (χ0) is 24.9. The molecule has 0 heterocycles. The number of hydrogen-bond donors (Lipinski definition) is 3. The summed E-state index contributed by atoms with van der Waals surface area (Å²) >= 11 is 0. The molecular weight excluding hydrogens is 444 g/mol. The highest BCUT2D eigenvalue weighted by molar-refractivity contribution is 5.97. The van der Waals surface area contributed by atoms with E-state index in [0.717, 1.165) is 11.1 Å². The smallest absolute Gasteiger partial charge is 0.258 e. The Morgan fingerprint density at radius 1 is 0.857 bits per heavy atom. The van der Waals surface area contributed by atoms with Crippen molar-refractivity contribution in [1.29, 1.82) is 0 Å². The van der Waals surface area contributed by atoms with Gasteiger partial charge in [0.15, 0.2) is 6.61 Å². The molecule has 0 fully saturated rings. The first kappa shape index (κ1) is 25.2. The average Bonchev–Trinajstić information content (AvgIpc) is 2.88. The number of rotatable bonds is 11. The van der Waals surface area contributed by atoms with Gasteiger partial charge in [-0.1, -0.05) is 60.7 Å². The maximum atomic E-state index is 12.1. The number of ether oxygens (including phenoxy) is 1. The molecule has 3 amide bonds. The molecule has 1 atom stereocenters. The molecule has 180 valence electrons. The van der Waals surface area contributed by atoms with Gasteiger partial charge < -0.3 is 15.4 Å². The van der Waals surface area contributed by atoms with Crippen molar-refractivity contribution >= 4 is 23.9 Å². The van der Waals surface area contributed by atoms with Crippen molar-refractivity contribution in [2.75, 3.05) is 6.61 Å². The molecule has 3 N–H and O–H groups in total. The first-order valence-electron chi connectivity index (χ1n) is 11.2. The third-order valence-electron chi connectivity index (χ3n) is 4.98. The Kier molecular flexibility index (Phi) is 9.56. The summed E-state index contributed by atoms with van der Waals surface area (Å²) in [6.45, 7) is 2.17. The van der Waals surface area contributed by atoms with E-state index in [9.17, 15) is 14.4 Å². The van der Waals surface area contributed by atoms with E-state index >= 15 is 0 Å². The van der Waals surface area contributed by atoms with Gasteiger partial charge in [-0.3, -0.25) is 14.4 Å². The molecule has 0 aliphatic heterocycles. The highest BCUT2D eigenvalue weighted by Crippen LogP contribution is 2.13. The van der Waals surface area contributed by atoms with Crippen molar-refractivity contribution in [3.8, 4) is 5.75 Å². The number of nitrogens with zero attached hydrogens (tertiary/aromatic N) is 1. The predicted octanol–water partition coefficient (Wildman–Crippen LogP) is 3.10. The van der Waals surface area contributed by atoms with Gasteiger partial charge in [0.25, 0.3) is 5.91 Å². The topological polar surface area (TPSA) is 109 Å². The van der Waals surface area contributed by atoms with Crippen molar-refractivity contribution < 1.29 is 19.1 Å². The predicted molar refractivity (Wildman–Crippen MR) is 134 cm³/mol. The van der Waals surface area contributed by atoms with Gasteiger partial charge in [-0.2, -0.15) is 5.10 Å². The van der Waals surface area contributed by atoms with Gasteiger partial charge in [-0.05, 0) is 47.9 Å². The van der Waals surface area contributed by atoms with Crippen LogP contribution in [0.4, 0.5) is 0 Å². The van der Waals surface area contributed by atoms with Crippen LogP contribution in [-0.2, 0) is 20.9 Å². The third-order valence-corrected chi connectivity index (χ3v) is 4.98. The van der Waals surface area contributed by atoms with E-state index in [2.05, 4.69) is 21.2 Å². The number of hydrogen-bond acceptors (Lipinski definition) is 5. The van der Waals surface area contributed by atoms with Crippen LogP contribution in [0.2, 0.25) is 0 Å². The molecule has 0 aliphatic carbocycles. The standard InChI is InChI=1S/C27H28N4O4/c1-20(23-10-6-3-7-11-23)30-27(34)19-35-24-14-12-22(13-15-24)18-29-31-26(33)16-25(32)28-17-21-8-4-2-5-9-21/h2-15,18,20H,16-17,19H2,1H3,(H,28,32)(H,30,34)(H,31,33)/b29-18+/t20-/m0/s1. The minimum Gasteiger partial charge on any atom is -0.484 e. The lowest BCUT2D eigenvalue weighted by atomic mass is 10.1. The van der Waals surface area contributed by atoms with Crippen LogP contribution in [0.15, 0.2) is 90.0 Å². The van der Waals surface area contributed by atoms with Crippen LogP contribution in [0.25, 0.3) is 0 Å². The number of carbonyl (C=O) groups is 3. The summed E-state index contributed by atoms with van der Waals surface area (Å²) < 4.78 is 5.53. The molecule has 3 rings (SSSR count). The summed E-state index contributed by atoms with van der Waals surface area (Å²) in [6.07, 6.45) is 1.14. The molecule has 3 aromatic rings. The largest absolute Gasteiger partial charge is 0.484 e. The van der Waals surface area contributed by atoms with E-state index in [0.29, 0.717) is 17.9 Å². The molecule has 35 heavy (non-hydrogen) atoms. The lowest BCUT2D eigenvalue weighted by Gasteiger charge is -2.14. The van der Waals surface area contributed by atoms with E-state index in [1.54, 1.807) is 24.3 Å². The second-order valence-corrected chi connectivity index (χ2v) is 7.79. The minimum absolute atomic E-state index is 0.104. The monoisotopic (exact) mass is 472 g/mol. The third kappa shape index (κ3) is 9.13. The summed E-state index contributed by atoms with van der Waals surface area (Å²) in [4.78, 5) is 35.9. The maximum Gasteiger partial charge on any atom is 0.258 e. The Morgan fingerprint density at radius 3 is 2.20 bits per heavy atom. The number of carbonyl (C=O) groups excluding carboxylic acids is 3. The number of benzene rings is 3. The minimum atomic E-state index is -0.512. The van der Waals surface area contributed by atoms with E-state index in [4.69, 9.17) is 4.74 Å². The van der Waals surface area contributed by atoms with Crippen LogP contribution < -0.4 is 20.8 Å². The van der Waals surface area contributed by atoms with Crippen LogP contribution in [0, 0.1) is 0 Å². The Balaban J connectivity index is 1.35. The van der Waals surface area contributed by atoms with Gasteiger partial charge in [0.05, 0.1) is 12.3 Å². The zero-order valence-corrected chi connectivity index (χ0v) is 19.4. The fourth-order valence-corrected chi connectivity index (χ4v) is 3.13. The van der Waals surface area contributed by atoms with E-state index in [1.807, 2.05) is 67.6 Å². The maximum absolute atomic E-state index is 12.1. The Bertz CT molecular complexity index is 1130.